The van der Waals surface area contributed by atoms with Crippen molar-refractivity contribution in [2.45, 2.75) is 52.5 Å². The molecule has 1 aliphatic heterocycles. The fourth-order valence-electron chi connectivity index (χ4n) is 3.67. The number of carbonyl (C=O) groups is 2. The van der Waals surface area contributed by atoms with Crippen molar-refractivity contribution in [3.8, 4) is 6.07 Å². The van der Waals surface area contributed by atoms with E-state index in [1.165, 1.54) is 11.3 Å². The normalized spacial score (nSPS) is 13.3. The average Bonchev–Trinajstić information content (AvgIpc) is 3.16. The highest BCUT2D eigenvalue weighted by Crippen LogP contribution is 2.37. The van der Waals surface area contributed by atoms with Crippen LogP contribution < -0.4 is 5.32 Å². The van der Waals surface area contributed by atoms with Gasteiger partial charge < -0.3 is 15.0 Å². The van der Waals surface area contributed by atoms with Crippen molar-refractivity contribution in [3.05, 3.63) is 57.9 Å². The first kappa shape index (κ1) is 23.5. The van der Waals surface area contributed by atoms with Gasteiger partial charge in [0, 0.05) is 44.0 Å². The van der Waals surface area contributed by atoms with Crippen molar-refractivity contribution in [1.29, 1.82) is 5.26 Å². The van der Waals surface area contributed by atoms with E-state index in [1.807, 2.05) is 43.0 Å². The lowest BCUT2D eigenvalue weighted by Crippen LogP contribution is -2.35. The molecular weight excluding hydrogens is 424 g/mol. The second-order valence-electron chi connectivity index (χ2n) is 7.44. The maximum Gasteiger partial charge on any atom is 0.225 e. The van der Waals surface area contributed by atoms with Crippen LogP contribution in [0.2, 0.25) is 0 Å². The number of pyridine rings is 1. The summed E-state index contributed by atoms with van der Waals surface area (Å²) in [5, 5.41) is 13.1. The number of nitrogens with one attached hydrogen (secondary N) is 1. The molecule has 8 heteroatoms. The minimum Gasteiger partial charge on any atom is -0.499 e. The summed E-state index contributed by atoms with van der Waals surface area (Å²) in [6.07, 6.45) is 6.02. The summed E-state index contributed by atoms with van der Waals surface area (Å²) >= 11 is 1.39. The Labute approximate surface area is 194 Å². The number of carbonyl (C=O) groups excluding carboxylic acids is 2. The fraction of sp³-hybridized carbons (Fsp3) is 0.417. The molecule has 3 heterocycles. The molecule has 0 spiro atoms. The number of allylic oxidation sites excluding steroid dienone is 2. The number of nitriles is 1. The quantitative estimate of drug-likeness (QED) is 0.565. The van der Waals surface area contributed by atoms with Crippen molar-refractivity contribution in [1.82, 2.24) is 9.88 Å². The van der Waals surface area contributed by atoms with Gasteiger partial charge in [0.1, 0.15) is 11.1 Å². The average molecular weight is 455 g/mol. The Morgan fingerprint density at radius 3 is 2.91 bits per heavy atom. The number of nitrogens with zero attached hydrogens (tertiary/aromatic N) is 3. The van der Waals surface area contributed by atoms with E-state index in [2.05, 4.69) is 16.4 Å². The first-order chi connectivity index (χ1) is 15.5. The van der Waals surface area contributed by atoms with Gasteiger partial charge in [0.05, 0.1) is 24.5 Å². The Hall–Kier alpha value is -3.18. The molecular formula is C24H30N4O3S. The fourth-order valence-corrected chi connectivity index (χ4v) is 4.90. The number of fused-ring (bicyclic) bond motifs is 1. The Bertz CT molecular complexity index is 1030. The molecule has 170 valence electrons. The highest BCUT2D eigenvalue weighted by molar-refractivity contribution is 7.16. The second-order valence-corrected chi connectivity index (χ2v) is 8.55. The van der Waals surface area contributed by atoms with E-state index < -0.39 is 0 Å². The van der Waals surface area contributed by atoms with Crippen LogP contribution in [-0.2, 0) is 33.7 Å². The van der Waals surface area contributed by atoms with Crippen molar-refractivity contribution < 1.29 is 15.8 Å². The van der Waals surface area contributed by atoms with Crippen LogP contribution in [0.15, 0.2) is 36.2 Å². The maximum atomic E-state index is 12.7. The van der Waals surface area contributed by atoms with Crippen molar-refractivity contribution in [3.63, 3.8) is 0 Å². The number of aryl methyl sites for hydroxylation is 1. The summed E-state index contributed by atoms with van der Waals surface area (Å²) in [5.41, 5.74) is 2.37. The predicted molar refractivity (Wildman–Crippen MR) is 126 cm³/mol. The third-order valence-electron chi connectivity index (χ3n) is 5.35. The van der Waals surface area contributed by atoms with Gasteiger partial charge >= 0.3 is 0 Å². The van der Waals surface area contributed by atoms with Gasteiger partial charge in [-0.3, -0.25) is 14.6 Å². The molecule has 32 heavy (non-hydrogen) atoms. The zero-order valence-corrected chi connectivity index (χ0v) is 19.3. The van der Waals surface area contributed by atoms with Gasteiger partial charge in [-0.05, 0) is 50.5 Å². The van der Waals surface area contributed by atoms with Crippen LogP contribution in [0.5, 0.6) is 0 Å². The van der Waals surface area contributed by atoms with E-state index >= 15 is 0 Å². The molecule has 2 aromatic rings. The van der Waals surface area contributed by atoms with Crippen LogP contribution >= 0.6 is 11.3 Å². The Kier molecular flexibility index (Phi) is 8.40. The molecule has 2 aromatic heterocycles. The molecule has 0 radical (unpaired) electrons. The van der Waals surface area contributed by atoms with Gasteiger partial charge in [-0.15, -0.1) is 11.3 Å². The molecule has 3 rings (SSSR count). The van der Waals surface area contributed by atoms with Gasteiger partial charge in [0.15, 0.2) is 0 Å². The van der Waals surface area contributed by atoms with Crippen LogP contribution in [0.3, 0.4) is 0 Å². The largest absolute Gasteiger partial charge is 0.499 e. The highest BCUT2D eigenvalue weighted by Gasteiger charge is 2.27. The van der Waals surface area contributed by atoms with Gasteiger partial charge in [-0.1, -0.05) is 6.07 Å². The molecule has 7 nitrogen and oxygen atoms in total. The number of aromatic nitrogens is 1. The first-order valence-corrected chi connectivity index (χ1v) is 11.7. The zero-order valence-electron chi connectivity index (χ0n) is 18.5. The molecule has 1 aliphatic rings. The summed E-state index contributed by atoms with van der Waals surface area (Å²) < 4.78 is 5.48. The smallest absolute Gasteiger partial charge is 0.225 e. The lowest BCUT2D eigenvalue weighted by molar-refractivity contribution is -0.132. The summed E-state index contributed by atoms with van der Waals surface area (Å²) in [5.74, 6) is 0.713. The summed E-state index contributed by atoms with van der Waals surface area (Å²) in [4.78, 5) is 32.2. The number of hydrogen-bond acceptors (Lipinski definition) is 6. The molecule has 0 fully saturated rings. The standard InChI is InChI=1S/C24H28N4O3S.H2/c1-3-18(31-4-2)9-10-22(29)27-24-20(15-25)19-12-14-28(16-21(19)32-24)23(30)11-8-17-7-5-6-13-26-17;/h3,5-7,13H,4,8-12,14,16H2,1-2H3,(H,27,29);1H/b18-3-;. The number of thiophene rings is 1. The SMILES string of the molecule is C/C=C(/CCC(=O)Nc1sc2c(c1C#N)CCN(C(=O)CCc1ccccn1)C2)OCC.[HH]. The van der Waals surface area contributed by atoms with E-state index in [9.17, 15) is 14.9 Å². The van der Waals surface area contributed by atoms with Crippen LogP contribution in [0, 0.1) is 11.3 Å². The third-order valence-corrected chi connectivity index (χ3v) is 6.48. The number of rotatable bonds is 9. The molecule has 0 bridgehead atoms. The molecule has 0 aliphatic carbocycles. The third kappa shape index (κ3) is 5.95. The van der Waals surface area contributed by atoms with E-state index in [0.717, 1.165) is 21.9 Å². The molecule has 2 amide bonds. The van der Waals surface area contributed by atoms with Gasteiger partial charge in [0.2, 0.25) is 11.8 Å². The first-order valence-electron chi connectivity index (χ1n) is 10.9. The zero-order chi connectivity index (χ0) is 22.9. The van der Waals surface area contributed by atoms with Crippen LogP contribution in [0.1, 0.15) is 56.2 Å². The summed E-state index contributed by atoms with van der Waals surface area (Å²) in [7, 11) is 0. The van der Waals surface area contributed by atoms with Gasteiger partial charge in [-0.2, -0.15) is 5.26 Å². The van der Waals surface area contributed by atoms with E-state index in [1.54, 1.807) is 6.20 Å². The van der Waals surface area contributed by atoms with E-state index in [-0.39, 0.29) is 19.7 Å². The Morgan fingerprint density at radius 2 is 2.22 bits per heavy atom. The van der Waals surface area contributed by atoms with E-state index in [4.69, 9.17) is 4.74 Å². The molecule has 0 atom stereocenters. The molecule has 1 N–H and O–H groups in total. The van der Waals surface area contributed by atoms with Crippen molar-refractivity contribution in [2.24, 2.45) is 0 Å². The minimum absolute atomic E-state index is 0. The molecule has 0 saturated carbocycles. The van der Waals surface area contributed by atoms with Gasteiger partial charge in [-0.25, -0.2) is 0 Å². The van der Waals surface area contributed by atoms with Crippen molar-refractivity contribution >= 4 is 28.2 Å². The van der Waals surface area contributed by atoms with E-state index in [0.29, 0.717) is 55.9 Å². The molecule has 0 aromatic carbocycles. The summed E-state index contributed by atoms with van der Waals surface area (Å²) in [6.45, 7) is 5.40. The number of hydrogen-bond donors (Lipinski definition) is 1. The van der Waals surface area contributed by atoms with Crippen LogP contribution in [-0.4, -0.2) is 34.8 Å². The maximum absolute atomic E-state index is 12.7. The lowest BCUT2D eigenvalue weighted by Gasteiger charge is -2.27. The highest BCUT2D eigenvalue weighted by atomic mass is 32.1. The Balaban J connectivity index is 0.00000385. The minimum atomic E-state index is -0.151. The summed E-state index contributed by atoms with van der Waals surface area (Å²) in [6, 6.07) is 7.94. The second kappa shape index (κ2) is 11.4. The predicted octanol–water partition coefficient (Wildman–Crippen LogP) is 4.44. The number of ether oxygens (including phenoxy) is 1. The molecule has 0 unspecified atom stereocenters. The number of amides is 2. The Morgan fingerprint density at radius 1 is 1.38 bits per heavy atom. The van der Waals surface area contributed by atoms with Gasteiger partial charge in [0.25, 0.3) is 0 Å². The monoisotopic (exact) mass is 454 g/mol. The van der Waals surface area contributed by atoms with Crippen LogP contribution in [0.25, 0.3) is 0 Å². The van der Waals surface area contributed by atoms with Crippen LogP contribution in [0.4, 0.5) is 5.00 Å². The van der Waals surface area contributed by atoms with Crippen molar-refractivity contribution in [2.75, 3.05) is 18.5 Å². The molecule has 0 saturated heterocycles. The topological polar surface area (TPSA) is 95.3 Å². The lowest BCUT2D eigenvalue weighted by atomic mass is 10.0. The number of anilines is 1.